The summed E-state index contributed by atoms with van der Waals surface area (Å²) in [4.78, 5) is 6.72. The summed E-state index contributed by atoms with van der Waals surface area (Å²) in [5, 5.41) is 3.37. The molecule has 84 valence electrons. The van der Waals surface area contributed by atoms with Gasteiger partial charge in [-0.15, -0.1) is 12.4 Å². The van der Waals surface area contributed by atoms with E-state index in [4.69, 9.17) is 0 Å². The van der Waals surface area contributed by atoms with Crippen LogP contribution in [0.15, 0.2) is 22.8 Å². The zero-order valence-electron chi connectivity index (χ0n) is 8.61. The van der Waals surface area contributed by atoms with E-state index in [0.29, 0.717) is 6.04 Å². The van der Waals surface area contributed by atoms with Gasteiger partial charge in [0.15, 0.2) is 0 Å². The number of piperazine rings is 1. The predicted molar refractivity (Wildman–Crippen MR) is 68.9 cm³/mol. The molecule has 1 aliphatic rings. The van der Waals surface area contributed by atoms with Crippen LogP contribution in [0.5, 0.6) is 0 Å². The first-order chi connectivity index (χ1) is 6.77. The largest absolute Gasteiger partial charge is 0.351 e. The molecule has 1 aromatic rings. The number of hydrogen-bond donors (Lipinski definition) is 1. The molecule has 0 spiro atoms. The van der Waals surface area contributed by atoms with Crippen molar-refractivity contribution in [3.8, 4) is 0 Å². The summed E-state index contributed by atoms with van der Waals surface area (Å²) in [6, 6.07) is 4.55. The van der Waals surface area contributed by atoms with Crippen LogP contribution in [0.25, 0.3) is 0 Å². The van der Waals surface area contributed by atoms with Gasteiger partial charge in [0.2, 0.25) is 0 Å². The minimum atomic E-state index is 0. The number of nitrogens with one attached hydrogen (secondary N) is 1. The third-order valence-corrected chi connectivity index (χ3v) is 3.00. The van der Waals surface area contributed by atoms with Crippen molar-refractivity contribution in [1.82, 2.24) is 10.3 Å². The molecule has 0 amide bonds. The van der Waals surface area contributed by atoms with E-state index in [-0.39, 0.29) is 12.4 Å². The predicted octanol–water partition coefficient (Wildman–Crippen LogP) is 2.06. The van der Waals surface area contributed by atoms with E-state index >= 15 is 0 Å². The zero-order chi connectivity index (χ0) is 9.97. The summed E-state index contributed by atoms with van der Waals surface area (Å²) < 4.78 is 1.09. The third kappa shape index (κ3) is 3.06. The van der Waals surface area contributed by atoms with Crippen molar-refractivity contribution >= 4 is 34.2 Å². The summed E-state index contributed by atoms with van der Waals surface area (Å²) in [7, 11) is 0. The van der Waals surface area contributed by atoms with Gasteiger partial charge in [-0.1, -0.05) is 15.9 Å². The Bertz CT molecular complexity index is 321. The van der Waals surface area contributed by atoms with Crippen LogP contribution >= 0.6 is 28.3 Å². The average molecular weight is 293 g/mol. The Morgan fingerprint density at radius 3 is 3.07 bits per heavy atom. The molecule has 1 N–H and O–H groups in total. The maximum atomic E-state index is 4.38. The van der Waals surface area contributed by atoms with Crippen LogP contribution in [-0.4, -0.2) is 30.7 Å². The summed E-state index contributed by atoms with van der Waals surface area (Å²) in [5.74, 6) is 1.06. The Balaban J connectivity index is 0.00000112. The Hall–Kier alpha value is -0.320. The minimum absolute atomic E-state index is 0. The number of nitrogens with zero attached hydrogens (tertiary/aromatic N) is 2. The second kappa shape index (κ2) is 5.68. The van der Waals surface area contributed by atoms with E-state index in [0.717, 1.165) is 29.9 Å². The summed E-state index contributed by atoms with van der Waals surface area (Å²) >= 11 is 3.47. The maximum absolute atomic E-state index is 4.38. The van der Waals surface area contributed by atoms with Gasteiger partial charge < -0.3 is 10.2 Å². The molecule has 0 radical (unpaired) electrons. The van der Waals surface area contributed by atoms with Crippen LogP contribution < -0.4 is 10.2 Å². The van der Waals surface area contributed by atoms with Crippen molar-refractivity contribution in [2.24, 2.45) is 0 Å². The normalized spacial score (nSPS) is 20.9. The van der Waals surface area contributed by atoms with Gasteiger partial charge in [0.1, 0.15) is 5.82 Å². The number of rotatable bonds is 1. The van der Waals surface area contributed by atoms with Crippen LogP contribution in [0.2, 0.25) is 0 Å². The molecule has 1 aliphatic heterocycles. The molecular weight excluding hydrogens is 277 g/mol. The first-order valence-corrected chi connectivity index (χ1v) is 5.65. The van der Waals surface area contributed by atoms with Gasteiger partial charge in [-0.3, -0.25) is 0 Å². The standard InChI is InChI=1S/C10H14BrN3.ClH/c1-8-7-12-4-5-14(8)10-6-9(11)2-3-13-10;/h2-3,6,8,12H,4-5,7H2,1H3;1H/t8-;/m0./s1. The molecule has 0 unspecified atom stereocenters. The van der Waals surface area contributed by atoms with Gasteiger partial charge in [0.25, 0.3) is 0 Å². The van der Waals surface area contributed by atoms with Gasteiger partial charge >= 0.3 is 0 Å². The van der Waals surface area contributed by atoms with Crippen molar-refractivity contribution in [2.75, 3.05) is 24.5 Å². The fraction of sp³-hybridized carbons (Fsp3) is 0.500. The maximum Gasteiger partial charge on any atom is 0.129 e. The molecule has 0 saturated carbocycles. The van der Waals surface area contributed by atoms with Crippen LogP contribution in [0.4, 0.5) is 5.82 Å². The molecule has 1 aromatic heterocycles. The van der Waals surface area contributed by atoms with Gasteiger partial charge in [0.05, 0.1) is 0 Å². The van der Waals surface area contributed by atoms with Gasteiger partial charge in [-0.05, 0) is 19.1 Å². The lowest BCUT2D eigenvalue weighted by Gasteiger charge is -2.34. The minimum Gasteiger partial charge on any atom is -0.351 e. The highest BCUT2D eigenvalue weighted by molar-refractivity contribution is 9.10. The monoisotopic (exact) mass is 291 g/mol. The average Bonchev–Trinajstić information content (AvgIpc) is 2.18. The van der Waals surface area contributed by atoms with Crippen molar-refractivity contribution in [3.63, 3.8) is 0 Å². The number of halogens is 2. The molecule has 2 heterocycles. The van der Waals surface area contributed by atoms with E-state index in [1.165, 1.54) is 0 Å². The lowest BCUT2D eigenvalue weighted by molar-refractivity contribution is 0.497. The van der Waals surface area contributed by atoms with Crippen LogP contribution in [0, 0.1) is 0 Å². The molecule has 0 bridgehead atoms. The number of aromatic nitrogens is 1. The number of pyridine rings is 1. The van der Waals surface area contributed by atoms with E-state index in [1.54, 1.807) is 0 Å². The van der Waals surface area contributed by atoms with Gasteiger partial charge in [-0.25, -0.2) is 4.98 Å². The van der Waals surface area contributed by atoms with Crippen molar-refractivity contribution in [3.05, 3.63) is 22.8 Å². The fourth-order valence-corrected chi connectivity index (χ4v) is 2.05. The van der Waals surface area contributed by atoms with Gasteiger partial charge in [0, 0.05) is 36.3 Å². The lowest BCUT2D eigenvalue weighted by atomic mass is 10.2. The van der Waals surface area contributed by atoms with E-state index in [9.17, 15) is 0 Å². The second-order valence-electron chi connectivity index (χ2n) is 3.58. The smallest absolute Gasteiger partial charge is 0.129 e. The Kier molecular flexibility index (Phi) is 4.83. The second-order valence-corrected chi connectivity index (χ2v) is 4.49. The summed E-state index contributed by atoms with van der Waals surface area (Å²) in [6.07, 6.45) is 1.84. The van der Waals surface area contributed by atoms with E-state index < -0.39 is 0 Å². The molecule has 15 heavy (non-hydrogen) atoms. The Morgan fingerprint density at radius 2 is 2.40 bits per heavy atom. The molecule has 2 rings (SSSR count). The molecule has 1 atom stereocenters. The first-order valence-electron chi connectivity index (χ1n) is 4.86. The Morgan fingerprint density at radius 1 is 1.60 bits per heavy atom. The highest BCUT2D eigenvalue weighted by Crippen LogP contribution is 2.19. The Labute approximate surface area is 105 Å². The van der Waals surface area contributed by atoms with E-state index in [1.807, 2.05) is 12.3 Å². The highest BCUT2D eigenvalue weighted by atomic mass is 79.9. The molecule has 0 aromatic carbocycles. The van der Waals surface area contributed by atoms with Crippen LogP contribution in [0.1, 0.15) is 6.92 Å². The third-order valence-electron chi connectivity index (χ3n) is 2.50. The molecule has 3 nitrogen and oxygen atoms in total. The zero-order valence-corrected chi connectivity index (χ0v) is 11.0. The lowest BCUT2D eigenvalue weighted by Crippen LogP contribution is -2.50. The summed E-state index contributed by atoms with van der Waals surface area (Å²) in [6.45, 7) is 5.33. The molecular formula is C10H15BrClN3. The van der Waals surface area contributed by atoms with Crippen molar-refractivity contribution < 1.29 is 0 Å². The molecule has 1 saturated heterocycles. The summed E-state index contributed by atoms with van der Waals surface area (Å²) in [5.41, 5.74) is 0. The number of anilines is 1. The fourth-order valence-electron chi connectivity index (χ4n) is 1.73. The first kappa shape index (κ1) is 12.7. The molecule has 0 aliphatic carbocycles. The van der Waals surface area contributed by atoms with Gasteiger partial charge in [-0.2, -0.15) is 0 Å². The molecule has 5 heteroatoms. The van der Waals surface area contributed by atoms with Crippen molar-refractivity contribution in [1.29, 1.82) is 0 Å². The van der Waals surface area contributed by atoms with Crippen LogP contribution in [0.3, 0.4) is 0 Å². The van der Waals surface area contributed by atoms with Crippen molar-refractivity contribution in [2.45, 2.75) is 13.0 Å². The number of hydrogen-bond acceptors (Lipinski definition) is 3. The SMILES string of the molecule is C[C@H]1CNCCN1c1cc(Br)ccn1.Cl. The molecule has 1 fully saturated rings. The topological polar surface area (TPSA) is 28.2 Å². The highest BCUT2D eigenvalue weighted by Gasteiger charge is 2.18. The quantitative estimate of drug-likeness (QED) is 0.859. The van der Waals surface area contributed by atoms with E-state index in [2.05, 4.69) is 44.1 Å². The van der Waals surface area contributed by atoms with Crippen LogP contribution in [-0.2, 0) is 0 Å².